The van der Waals surface area contributed by atoms with Gasteiger partial charge in [0.2, 0.25) is 11.8 Å². The highest BCUT2D eigenvalue weighted by atomic mass is 35.5. The Kier molecular flexibility index (Phi) is 10.3. The summed E-state index contributed by atoms with van der Waals surface area (Å²) < 4.78 is 87.0. The van der Waals surface area contributed by atoms with Crippen molar-refractivity contribution in [2.45, 2.75) is 29.7 Å². The molecule has 0 radical (unpaired) electrons. The molecule has 1 unspecified atom stereocenters. The number of carbonyl (C=O) groups is 3. The van der Waals surface area contributed by atoms with E-state index < -0.39 is 91.4 Å². The van der Waals surface area contributed by atoms with Crippen molar-refractivity contribution in [3.8, 4) is 5.69 Å². The van der Waals surface area contributed by atoms with Gasteiger partial charge in [0.05, 0.1) is 27.9 Å². The van der Waals surface area contributed by atoms with Gasteiger partial charge >= 0.3 is 17.8 Å². The van der Waals surface area contributed by atoms with E-state index in [1.54, 1.807) is 6.07 Å². The number of rotatable bonds is 9. The fourth-order valence-corrected chi connectivity index (χ4v) is 6.59. The van der Waals surface area contributed by atoms with Crippen LogP contribution in [0.2, 0.25) is 5.02 Å². The first kappa shape index (κ1) is 35.4. The number of aliphatic imine (C=N–C) groups is 1. The SMILES string of the molecule is CCOC(=O)CN1C(=O)C(CC(=O)NS(=O)(=O)c2ccccc2)S/C1=N\c1cc(-n2c(=O)cc(C(F)(F)F)n(C)c2=O)c(F)cc1Cl. The number of amides is 2. The molecule has 1 N–H and O–H groups in total. The summed E-state index contributed by atoms with van der Waals surface area (Å²) in [6, 6.07) is 8.40. The van der Waals surface area contributed by atoms with Crippen molar-refractivity contribution in [1.82, 2.24) is 18.8 Å². The highest BCUT2D eigenvalue weighted by Gasteiger charge is 2.41. The minimum absolute atomic E-state index is 0.0619. The molecule has 0 bridgehead atoms. The van der Waals surface area contributed by atoms with Gasteiger partial charge in [-0.3, -0.25) is 28.6 Å². The van der Waals surface area contributed by atoms with Gasteiger partial charge in [-0.2, -0.15) is 13.2 Å². The number of hydrogen-bond acceptors (Lipinski definition) is 10. The van der Waals surface area contributed by atoms with E-state index in [2.05, 4.69) is 4.99 Å². The van der Waals surface area contributed by atoms with Crippen LogP contribution >= 0.6 is 23.4 Å². The third kappa shape index (κ3) is 7.74. The summed E-state index contributed by atoms with van der Waals surface area (Å²) in [6.07, 6.45) is -5.77. The number of benzene rings is 2. The third-order valence-electron chi connectivity index (χ3n) is 6.37. The number of aromatic nitrogens is 2. The molecule has 0 saturated carbocycles. The molecule has 1 atom stereocenters. The van der Waals surface area contributed by atoms with Gasteiger partial charge in [-0.15, -0.1) is 0 Å². The van der Waals surface area contributed by atoms with Gasteiger partial charge in [-0.05, 0) is 31.2 Å². The number of hydrogen-bond donors (Lipinski definition) is 1. The smallest absolute Gasteiger partial charge is 0.431 e. The summed E-state index contributed by atoms with van der Waals surface area (Å²) in [4.78, 5) is 68.4. The fourth-order valence-electron chi connectivity index (χ4n) is 4.23. The zero-order valence-electron chi connectivity index (χ0n) is 24.1. The zero-order chi connectivity index (χ0) is 34.8. The van der Waals surface area contributed by atoms with E-state index in [0.717, 1.165) is 18.0 Å². The predicted octanol–water partition coefficient (Wildman–Crippen LogP) is 2.74. The Balaban J connectivity index is 1.73. The van der Waals surface area contributed by atoms with Crippen molar-refractivity contribution in [2.75, 3.05) is 13.2 Å². The Labute approximate surface area is 271 Å². The highest BCUT2D eigenvalue weighted by Crippen LogP contribution is 2.36. The zero-order valence-corrected chi connectivity index (χ0v) is 26.5. The largest absolute Gasteiger partial charge is 0.465 e. The van der Waals surface area contributed by atoms with Gasteiger partial charge in [-0.1, -0.05) is 41.6 Å². The van der Waals surface area contributed by atoms with E-state index in [1.165, 1.54) is 31.2 Å². The molecule has 4 rings (SSSR count). The maximum Gasteiger partial charge on any atom is 0.431 e. The summed E-state index contributed by atoms with van der Waals surface area (Å²) in [6.45, 7) is 0.720. The van der Waals surface area contributed by atoms with Crippen LogP contribution in [0.15, 0.2) is 68.0 Å². The van der Waals surface area contributed by atoms with Gasteiger partial charge in [-0.25, -0.2) is 31.9 Å². The van der Waals surface area contributed by atoms with Crippen LogP contribution in [0, 0.1) is 5.82 Å². The van der Waals surface area contributed by atoms with Crippen molar-refractivity contribution >= 4 is 62.0 Å². The van der Waals surface area contributed by atoms with Crippen molar-refractivity contribution in [3.05, 3.63) is 85.9 Å². The van der Waals surface area contributed by atoms with Crippen LogP contribution in [0.4, 0.5) is 23.2 Å². The molecule has 1 saturated heterocycles. The summed E-state index contributed by atoms with van der Waals surface area (Å²) in [5.74, 6) is -4.11. The number of thioether (sulfide) groups is 1. The molecule has 13 nitrogen and oxygen atoms in total. The first-order chi connectivity index (χ1) is 21.9. The van der Waals surface area contributed by atoms with Crippen LogP contribution in [0.1, 0.15) is 19.0 Å². The predicted molar refractivity (Wildman–Crippen MR) is 160 cm³/mol. The minimum atomic E-state index is -5.07. The monoisotopic (exact) mass is 719 g/mol. The fraction of sp³-hybridized carbons (Fsp3) is 0.259. The quantitative estimate of drug-likeness (QED) is 0.259. The number of esters is 1. The molecule has 2 heterocycles. The van der Waals surface area contributed by atoms with Crippen LogP contribution in [-0.4, -0.2) is 63.8 Å². The summed E-state index contributed by atoms with van der Waals surface area (Å²) in [5.41, 5.74) is -5.87. The highest BCUT2D eigenvalue weighted by molar-refractivity contribution is 8.15. The lowest BCUT2D eigenvalue weighted by Crippen LogP contribution is -2.41. The Morgan fingerprint density at radius 2 is 1.77 bits per heavy atom. The van der Waals surface area contributed by atoms with E-state index in [4.69, 9.17) is 16.3 Å². The molecule has 0 aliphatic carbocycles. The average molecular weight is 720 g/mol. The van der Waals surface area contributed by atoms with Gasteiger partial charge in [0, 0.05) is 19.5 Å². The lowest BCUT2D eigenvalue weighted by atomic mass is 10.2. The van der Waals surface area contributed by atoms with E-state index in [-0.39, 0.29) is 31.9 Å². The van der Waals surface area contributed by atoms with Crippen molar-refractivity contribution < 1.29 is 45.1 Å². The van der Waals surface area contributed by atoms with Crippen molar-refractivity contribution in [1.29, 1.82) is 0 Å². The second-order valence-corrected chi connectivity index (χ2v) is 12.8. The number of nitrogens with zero attached hydrogens (tertiary/aromatic N) is 4. The van der Waals surface area contributed by atoms with Crippen LogP contribution < -0.4 is 16.0 Å². The summed E-state index contributed by atoms with van der Waals surface area (Å²) >= 11 is 6.76. The normalized spacial score (nSPS) is 16.1. The van der Waals surface area contributed by atoms with Gasteiger partial charge in [0.25, 0.3) is 15.6 Å². The molecule has 47 heavy (non-hydrogen) atoms. The van der Waals surface area contributed by atoms with E-state index in [9.17, 15) is 45.6 Å². The molecule has 2 aromatic carbocycles. The second-order valence-electron chi connectivity index (χ2n) is 9.57. The number of halogens is 5. The molecule has 2 amide bonds. The summed E-state index contributed by atoms with van der Waals surface area (Å²) in [7, 11) is -3.56. The van der Waals surface area contributed by atoms with Gasteiger partial charge < -0.3 is 4.74 Å². The van der Waals surface area contributed by atoms with Crippen LogP contribution in [0.5, 0.6) is 0 Å². The topological polar surface area (TPSA) is 166 Å². The lowest BCUT2D eigenvalue weighted by molar-refractivity contribution is -0.146. The van der Waals surface area contributed by atoms with Gasteiger partial charge in [0.15, 0.2) is 5.17 Å². The Hall–Kier alpha value is -4.49. The molecule has 1 fully saturated rings. The number of amidine groups is 1. The van der Waals surface area contributed by atoms with Crippen LogP contribution in [0.25, 0.3) is 5.69 Å². The molecule has 1 aliphatic heterocycles. The van der Waals surface area contributed by atoms with Crippen molar-refractivity contribution in [3.63, 3.8) is 0 Å². The Morgan fingerprint density at radius 1 is 1.11 bits per heavy atom. The second kappa shape index (κ2) is 13.7. The molecule has 250 valence electrons. The average Bonchev–Trinajstić information content (AvgIpc) is 3.25. The molecular formula is C27H22ClF4N5O8S2. The first-order valence-corrected chi connectivity index (χ1v) is 15.9. The number of ether oxygens (including phenoxy) is 1. The molecule has 1 aliphatic rings. The van der Waals surface area contributed by atoms with E-state index in [0.29, 0.717) is 17.8 Å². The first-order valence-electron chi connectivity index (χ1n) is 13.2. The number of nitrogens with one attached hydrogen (secondary N) is 1. The molecule has 3 aromatic rings. The maximum absolute atomic E-state index is 15.0. The number of sulfonamides is 1. The van der Waals surface area contributed by atoms with Gasteiger partial charge in [0.1, 0.15) is 23.3 Å². The van der Waals surface area contributed by atoms with E-state index >= 15 is 4.39 Å². The maximum atomic E-state index is 15.0. The minimum Gasteiger partial charge on any atom is -0.465 e. The number of alkyl halides is 3. The standard InChI is InChI=1S/C27H22ClF4N5O8S2/c1-3-45-23(40)13-36-24(41)19(11-21(38)34-47(43,44)14-7-5-4-6-8-14)46-25(36)33-17-10-18(16(29)9-15(17)28)37-22(39)12-20(27(30,31)32)35(2)26(37)42/h4-10,12,19H,3,11,13H2,1-2H3,(H,34,38)/b33-25-. The third-order valence-corrected chi connectivity index (χ3v) is 9.24. The lowest BCUT2D eigenvalue weighted by Gasteiger charge is -2.16. The molecule has 20 heteroatoms. The number of carbonyl (C=O) groups excluding carboxylic acids is 3. The van der Waals surface area contributed by atoms with Crippen LogP contribution in [0.3, 0.4) is 0 Å². The van der Waals surface area contributed by atoms with E-state index in [1.807, 2.05) is 4.72 Å². The molecule has 0 spiro atoms. The molecule has 1 aromatic heterocycles. The van der Waals surface area contributed by atoms with Crippen molar-refractivity contribution in [2.24, 2.45) is 12.0 Å². The summed E-state index contributed by atoms with van der Waals surface area (Å²) in [5, 5.41) is -2.05. The Bertz CT molecular complexity index is 2020. The molecular weight excluding hydrogens is 698 g/mol. The Morgan fingerprint density at radius 3 is 2.38 bits per heavy atom. The van der Waals surface area contributed by atoms with Crippen LogP contribution in [-0.2, 0) is 42.4 Å².